The van der Waals surface area contributed by atoms with Crippen LogP contribution in [0.1, 0.15) is 0 Å². The molecule has 0 saturated heterocycles. The molecule has 4 aromatic heterocycles. The van der Waals surface area contributed by atoms with Crippen LogP contribution < -0.4 is 0 Å². The molecule has 0 aliphatic rings. The molecule has 0 bridgehead atoms. The maximum Gasteiger partial charge on any atom is 0.0627 e. The second-order valence-corrected chi connectivity index (χ2v) is 13.3. The molecule has 0 saturated carbocycles. The molecule has 48 heavy (non-hydrogen) atoms. The second-order valence-electron chi connectivity index (χ2n) is 13.3. The van der Waals surface area contributed by atoms with Crippen molar-refractivity contribution in [3.8, 4) is 22.3 Å². The first-order valence-corrected chi connectivity index (χ1v) is 16.7. The van der Waals surface area contributed by atoms with Gasteiger partial charge in [-0.25, -0.2) is 0 Å². The van der Waals surface area contributed by atoms with Gasteiger partial charge in [-0.3, -0.25) is 0 Å². The molecule has 0 amide bonds. The summed E-state index contributed by atoms with van der Waals surface area (Å²) in [4.78, 5) is 0. The predicted octanol–water partition coefficient (Wildman–Crippen LogP) is 12.5. The van der Waals surface area contributed by atoms with E-state index in [0.717, 1.165) is 0 Å². The van der Waals surface area contributed by atoms with Crippen molar-refractivity contribution in [1.82, 2.24) is 8.80 Å². The molecular weight excluding hydrogens is 581 g/mol. The molecule has 0 fully saturated rings. The van der Waals surface area contributed by atoms with Gasteiger partial charge in [0.15, 0.2) is 0 Å². The number of hydrogen-bond donors (Lipinski definition) is 0. The molecule has 4 heterocycles. The average Bonchev–Trinajstić information content (AvgIpc) is 3.87. The largest absolute Gasteiger partial charge is 0.308 e. The highest BCUT2D eigenvalue weighted by molar-refractivity contribution is 6.33. The van der Waals surface area contributed by atoms with Crippen molar-refractivity contribution in [2.45, 2.75) is 0 Å². The average molecular weight is 607 g/mol. The topological polar surface area (TPSA) is 8.82 Å². The van der Waals surface area contributed by atoms with Crippen LogP contribution in [-0.4, -0.2) is 8.80 Å². The summed E-state index contributed by atoms with van der Waals surface area (Å²) >= 11 is 0. The summed E-state index contributed by atoms with van der Waals surface area (Å²) in [6, 6.07) is 58.6. The lowest BCUT2D eigenvalue weighted by molar-refractivity contribution is 1.36. The number of para-hydroxylation sites is 4. The zero-order chi connectivity index (χ0) is 31.1. The van der Waals surface area contributed by atoms with Crippen LogP contribution in [-0.2, 0) is 0 Å². The van der Waals surface area contributed by atoms with E-state index in [1.807, 2.05) is 0 Å². The Bertz CT molecular complexity index is 3270. The summed E-state index contributed by atoms with van der Waals surface area (Å²) in [6.45, 7) is 0. The molecule has 0 atom stereocenters. The van der Waals surface area contributed by atoms with Crippen LogP contribution in [0.25, 0.3) is 109 Å². The van der Waals surface area contributed by atoms with E-state index in [-0.39, 0.29) is 0 Å². The number of rotatable bonds is 2. The van der Waals surface area contributed by atoms with Crippen LogP contribution in [0.2, 0.25) is 0 Å². The highest BCUT2D eigenvalue weighted by Gasteiger charge is 2.26. The molecule has 0 aliphatic carbocycles. The first kappa shape index (κ1) is 24.8. The Morgan fingerprint density at radius 3 is 1.65 bits per heavy atom. The summed E-state index contributed by atoms with van der Waals surface area (Å²) in [5.74, 6) is 0. The standard InChI is InChI=1S/C46H26N2/c1-2-15-30-27(11-1)12-8-18-31(30)28-13-7-14-29(25-28)42-43-37-22-10-20-35-32-16-3-5-23-39(32)47(45(35)37)41(43)26-38-36-21-9-19-34-33-17-4-6-24-40(33)48(44(34)36)46(38)42/h1-26H. The molecule has 0 radical (unpaired) electrons. The van der Waals surface area contributed by atoms with Crippen molar-refractivity contribution in [1.29, 1.82) is 0 Å². The van der Waals surface area contributed by atoms with Crippen molar-refractivity contribution in [2.24, 2.45) is 0 Å². The molecule has 220 valence electrons. The van der Waals surface area contributed by atoms with Gasteiger partial charge in [0, 0.05) is 48.7 Å². The maximum atomic E-state index is 2.56. The minimum Gasteiger partial charge on any atom is -0.308 e. The number of aromatic nitrogens is 2. The number of hydrogen-bond acceptors (Lipinski definition) is 0. The highest BCUT2D eigenvalue weighted by Crippen LogP contribution is 2.50. The summed E-state index contributed by atoms with van der Waals surface area (Å²) in [5.41, 5.74) is 12.7. The van der Waals surface area contributed by atoms with Gasteiger partial charge in [-0.1, -0.05) is 133 Å². The fourth-order valence-corrected chi connectivity index (χ4v) is 9.08. The SMILES string of the molecule is c1cc(-c2cccc3ccccc23)cc(-c2c3c4cccc5c6ccccc6n(c3cc3c6cccc7c8ccccc8n(c23)c76)c54)c1. The van der Waals surface area contributed by atoms with Crippen LogP contribution in [0.15, 0.2) is 158 Å². The van der Waals surface area contributed by atoms with Gasteiger partial charge in [0.25, 0.3) is 0 Å². The predicted molar refractivity (Wildman–Crippen MR) is 204 cm³/mol. The van der Waals surface area contributed by atoms with E-state index >= 15 is 0 Å². The quantitative estimate of drug-likeness (QED) is 0.185. The van der Waals surface area contributed by atoms with Gasteiger partial charge in [0.05, 0.1) is 33.1 Å². The number of nitrogens with zero attached hydrogens (tertiary/aromatic N) is 2. The first-order chi connectivity index (χ1) is 23.8. The Morgan fingerprint density at radius 1 is 0.312 bits per heavy atom. The van der Waals surface area contributed by atoms with Crippen molar-refractivity contribution in [3.05, 3.63) is 158 Å². The first-order valence-electron chi connectivity index (χ1n) is 16.7. The lowest BCUT2D eigenvalue weighted by Crippen LogP contribution is -1.90. The van der Waals surface area contributed by atoms with Crippen LogP contribution >= 0.6 is 0 Å². The third-order valence-corrected chi connectivity index (χ3v) is 10.9. The lowest BCUT2D eigenvalue weighted by Gasteiger charge is -2.13. The van der Waals surface area contributed by atoms with Crippen molar-refractivity contribution >= 4 is 87.0 Å². The molecule has 0 spiro atoms. The summed E-state index contributed by atoms with van der Waals surface area (Å²) in [5, 5.41) is 13.0. The molecule has 0 aliphatic heterocycles. The molecule has 0 N–H and O–H groups in total. The van der Waals surface area contributed by atoms with E-state index in [1.165, 1.54) is 109 Å². The molecule has 12 aromatic rings. The molecule has 8 aromatic carbocycles. The van der Waals surface area contributed by atoms with Crippen LogP contribution in [0.4, 0.5) is 0 Å². The van der Waals surface area contributed by atoms with Gasteiger partial charge < -0.3 is 8.80 Å². The Kier molecular flexibility index (Phi) is 4.49. The van der Waals surface area contributed by atoms with Crippen LogP contribution in [0, 0.1) is 0 Å². The minimum atomic E-state index is 1.23. The molecule has 0 unspecified atom stereocenters. The van der Waals surface area contributed by atoms with Gasteiger partial charge in [-0.05, 0) is 51.7 Å². The van der Waals surface area contributed by atoms with Gasteiger partial charge >= 0.3 is 0 Å². The normalized spacial score (nSPS) is 12.6. The van der Waals surface area contributed by atoms with E-state index in [4.69, 9.17) is 0 Å². The fourth-order valence-electron chi connectivity index (χ4n) is 9.08. The summed E-state index contributed by atoms with van der Waals surface area (Å²) < 4.78 is 5.08. The Balaban J connectivity index is 1.34. The minimum absolute atomic E-state index is 1.23. The third-order valence-electron chi connectivity index (χ3n) is 10.9. The van der Waals surface area contributed by atoms with E-state index < -0.39 is 0 Å². The molecule has 2 heteroatoms. The lowest BCUT2D eigenvalue weighted by atomic mass is 9.92. The summed E-state index contributed by atoms with van der Waals surface area (Å²) in [7, 11) is 0. The summed E-state index contributed by atoms with van der Waals surface area (Å²) in [6.07, 6.45) is 0. The van der Waals surface area contributed by atoms with Crippen molar-refractivity contribution in [2.75, 3.05) is 0 Å². The smallest absolute Gasteiger partial charge is 0.0627 e. The Hall–Kier alpha value is -6.38. The van der Waals surface area contributed by atoms with Crippen molar-refractivity contribution in [3.63, 3.8) is 0 Å². The fraction of sp³-hybridized carbons (Fsp3) is 0. The van der Waals surface area contributed by atoms with Gasteiger partial charge in [0.1, 0.15) is 0 Å². The highest BCUT2D eigenvalue weighted by atomic mass is 14.9. The monoisotopic (exact) mass is 606 g/mol. The maximum absolute atomic E-state index is 2.56. The molecule has 12 rings (SSSR count). The third kappa shape index (κ3) is 2.91. The Labute approximate surface area is 275 Å². The van der Waals surface area contributed by atoms with E-state index in [1.54, 1.807) is 0 Å². The van der Waals surface area contributed by atoms with Gasteiger partial charge in [-0.15, -0.1) is 0 Å². The van der Waals surface area contributed by atoms with Gasteiger partial charge in [-0.2, -0.15) is 0 Å². The number of fused-ring (bicyclic) bond motifs is 13. The van der Waals surface area contributed by atoms with Crippen LogP contribution in [0.3, 0.4) is 0 Å². The molecule has 2 nitrogen and oxygen atoms in total. The van der Waals surface area contributed by atoms with E-state index in [9.17, 15) is 0 Å². The van der Waals surface area contributed by atoms with Crippen molar-refractivity contribution < 1.29 is 0 Å². The zero-order valence-corrected chi connectivity index (χ0v) is 25.9. The van der Waals surface area contributed by atoms with Crippen LogP contribution in [0.5, 0.6) is 0 Å². The molecular formula is C46H26N2. The van der Waals surface area contributed by atoms with E-state index in [0.29, 0.717) is 0 Å². The Morgan fingerprint density at radius 2 is 0.854 bits per heavy atom. The van der Waals surface area contributed by atoms with Gasteiger partial charge in [0.2, 0.25) is 0 Å². The number of benzene rings is 8. The zero-order valence-electron chi connectivity index (χ0n) is 25.9. The second kappa shape index (κ2) is 8.70. The van der Waals surface area contributed by atoms with E-state index in [2.05, 4.69) is 167 Å².